The van der Waals surface area contributed by atoms with Crippen LogP contribution in [0.4, 0.5) is 4.79 Å². The Balaban J connectivity index is 2.07. The van der Waals surface area contributed by atoms with Crippen molar-refractivity contribution in [3.8, 4) is 0 Å². The zero-order chi connectivity index (χ0) is 11.9. The summed E-state index contributed by atoms with van der Waals surface area (Å²) in [5.74, 6) is -1.13. The minimum atomic E-state index is -0.769. The number of nitrogens with one attached hydrogen (secondary N) is 1. The van der Waals surface area contributed by atoms with Gasteiger partial charge in [0.1, 0.15) is 0 Å². The second-order valence-corrected chi connectivity index (χ2v) is 4.99. The van der Waals surface area contributed by atoms with E-state index in [1.54, 1.807) is 4.90 Å². The molecule has 5 heteroatoms. The molecule has 0 aromatic rings. The minimum absolute atomic E-state index is 0.0933. The molecule has 2 aliphatic heterocycles. The van der Waals surface area contributed by atoms with Crippen molar-refractivity contribution in [2.24, 2.45) is 5.92 Å². The molecule has 0 aromatic carbocycles. The molecule has 0 aliphatic carbocycles. The number of carboxylic acid groups (broad SMARTS) is 1. The molecule has 2 saturated heterocycles. The Labute approximate surface area is 94.8 Å². The summed E-state index contributed by atoms with van der Waals surface area (Å²) < 4.78 is 0. The molecule has 16 heavy (non-hydrogen) atoms. The van der Waals surface area contributed by atoms with Gasteiger partial charge in [-0.1, -0.05) is 0 Å². The van der Waals surface area contributed by atoms with Crippen LogP contribution in [-0.2, 0) is 4.79 Å². The standard InChI is InChI=1S/C11H18N2O3/c1-6(2)12-11(16)13-7-3-4-9(13)8(5-7)10(14)15/h6-9H,3-5H2,1-2H3,(H,12,16)(H,14,15). The van der Waals surface area contributed by atoms with Crippen molar-refractivity contribution in [2.75, 3.05) is 0 Å². The van der Waals surface area contributed by atoms with Crippen LogP contribution in [0.25, 0.3) is 0 Å². The largest absolute Gasteiger partial charge is 0.481 e. The lowest BCUT2D eigenvalue weighted by Crippen LogP contribution is -2.46. The molecule has 90 valence electrons. The Kier molecular flexibility index (Phi) is 2.78. The number of aliphatic carboxylic acids is 1. The number of nitrogens with zero attached hydrogens (tertiary/aromatic N) is 1. The number of carboxylic acids is 1. The summed E-state index contributed by atoms with van der Waals surface area (Å²) in [6, 6.07) is 0.0214. The van der Waals surface area contributed by atoms with E-state index in [-0.39, 0.29) is 30.1 Å². The highest BCUT2D eigenvalue weighted by molar-refractivity contribution is 5.79. The number of fused-ring (bicyclic) bond motifs is 2. The fourth-order valence-corrected chi connectivity index (χ4v) is 2.89. The number of carbonyl (C=O) groups excluding carboxylic acids is 1. The molecule has 3 unspecified atom stereocenters. The quantitative estimate of drug-likeness (QED) is 0.739. The summed E-state index contributed by atoms with van der Waals surface area (Å²) in [4.78, 5) is 24.7. The first-order chi connectivity index (χ1) is 7.50. The van der Waals surface area contributed by atoms with Crippen molar-refractivity contribution in [3.63, 3.8) is 0 Å². The molecule has 2 heterocycles. The zero-order valence-corrected chi connectivity index (χ0v) is 9.64. The summed E-state index contributed by atoms with van der Waals surface area (Å²) in [5, 5.41) is 11.9. The van der Waals surface area contributed by atoms with E-state index in [1.807, 2.05) is 13.8 Å². The SMILES string of the molecule is CC(C)NC(=O)N1C2CCC1C(C(=O)O)C2. The average Bonchev–Trinajstić information content (AvgIpc) is 2.72. The number of urea groups is 1. The van der Waals surface area contributed by atoms with Gasteiger partial charge in [0, 0.05) is 18.1 Å². The van der Waals surface area contributed by atoms with Gasteiger partial charge in [0.05, 0.1) is 5.92 Å². The maximum atomic E-state index is 11.9. The second kappa shape index (κ2) is 3.96. The maximum absolute atomic E-state index is 11.9. The molecule has 3 atom stereocenters. The van der Waals surface area contributed by atoms with E-state index in [4.69, 9.17) is 5.11 Å². The predicted molar refractivity (Wildman–Crippen MR) is 58.1 cm³/mol. The predicted octanol–water partition coefficient (Wildman–Crippen LogP) is 1.04. The van der Waals surface area contributed by atoms with Crippen LogP contribution in [-0.4, -0.2) is 40.1 Å². The van der Waals surface area contributed by atoms with Crippen LogP contribution in [0.1, 0.15) is 33.1 Å². The van der Waals surface area contributed by atoms with Gasteiger partial charge >= 0.3 is 12.0 Å². The molecule has 2 aliphatic rings. The Morgan fingerprint density at radius 3 is 2.56 bits per heavy atom. The van der Waals surface area contributed by atoms with Gasteiger partial charge in [-0.25, -0.2) is 4.79 Å². The van der Waals surface area contributed by atoms with Crippen LogP contribution in [0, 0.1) is 5.92 Å². The summed E-state index contributed by atoms with van der Waals surface area (Å²) >= 11 is 0. The lowest BCUT2D eigenvalue weighted by atomic mass is 9.89. The van der Waals surface area contributed by atoms with E-state index in [0.29, 0.717) is 6.42 Å². The Hall–Kier alpha value is -1.26. The first-order valence-electron chi connectivity index (χ1n) is 5.82. The van der Waals surface area contributed by atoms with E-state index < -0.39 is 5.97 Å². The maximum Gasteiger partial charge on any atom is 0.318 e. The number of hydrogen-bond acceptors (Lipinski definition) is 2. The first-order valence-corrected chi connectivity index (χ1v) is 5.82. The smallest absolute Gasteiger partial charge is 0.318 e. The first kappa shape index (κ1) is 11.2. The van der Waals surface area contributed by atoms with Crippen molar-refractivity contribution in [1.29, 1.82) is 0 Å². The number of rotatable bonds is 2. The summed E-state index contributed by atoms with van der Waals surface area (Å²) in [6.07, 6.45) is 2.39. The fraction of sp³-hybridized carbons (Fsp3) is 0.818. The monoisotopic (exact) mass is 226 g/mol. The normalized spacial score (nSPS) is 32.2. The summed E-state index contributed by atoms with van der Waals surface area (Å²) in [6.45, 7) is 3.81. The summed E-state index contributed by atoms with van der Waals surface area (Å²) in [7, 11) is 0. The third-order valence-corrected chi connectivity index (χ3v) is 3.50. The molecule has 0 aromatic heterocycles. The van der Waals surface area contributed by atoms with Crippen LogP contribution < -0.4 is 5.32 Å². The van der Waals surface area contributed by atoms with Gasteiger partial charge in [0.15, 0.2) is 0 Å². The van der Waals surface area contributed by atoms with Crippen LogP contribution in [0.5, 0.6) is 0 Å². The fourth-order valence-electron chi connectivity index (χ4n) is 2.89. The molecule has 5 nitrogen and oxygen atoms in total. The van der Waals surface area contributed by atoms with E-state index >= 15 is 0 Å². The lowest BCUT2D eigenvalue weighted by Gasteiger charge is -2.24. The number of carbonyl (C=O) groups is 2. The van der Waals surface area contributed by atoms with Crippen molar-refractivity contribution < 1.29 is 14.7 Å². The van der Waals surface area contributed by atoms with Gasteiger partial charge in [-0.15, -0.1) is 0 Å². The molecular formula is C11H18N2O3. The Morgan fingerprint density at radius 2 is 2.06 bits per heavy atom. The lowest BCUT2D eigenvalue weighted by molar-refractivity contribution is -0.142. The molecule has 0 radical (unpaired) electrons. The highest BCUT2D eigenvalue weighted by Crippen LogP contribution is 2.41. The van der Waals surface area contributed by atoms with Crippen LogP contribution >= 0.6 is 0 Å². The van der Waals surface area contributed by atoms with Gasteiger partial charge < -0.3 is 15.3 Å². The molecule has 2 amide bonds. The van der Waals surface area contributed by atoms with Crippen LogP contribution in [0.15, 0.2) is 0 Å². The number of amides is 2. The topological polar surface area (TPSA) is 69.6 Å². The van der Waals surface area contributed by atoms with Crippen molar-refractivity contribution in [2.45, 2.75) is 51.2 Å². The Morgan fingerprint density at radius 1 is 1.38 bits per heavy atom. The molecule has 2 fully saturated rings. The van der Waals surface area contributed by atoms with E-state index in [0.717, 1.165) is 12.8 Å². The minimum Gasteiger partial charge on any atom is -0.481 e. The Bertz CT molecular complexity index is 316. The van der Waals surface area contributed by atoms with Crippen molar-refractivity contribution in [1.82, 2.24) is 10.2 Å². The highest BCUT2D eigenvalue weighted by Gasteiger charge is 2.51. The third kappa shape index (κ3) is 1.74. The molecule has 2 bridgehead atoms. The van der Waals surface area contributed by atoms with Crippen LogP contribution in [0.3, 0.4) is 0 Å². The highest BCUT2D eigenvalue weighted by atomic mass is 16.4. The molecular weight excluding hydrogens is 208 g/mol. The molecule has 0 spiro atoms. The van der Waals surface area contributed by atoms with Gasteiger partial charge in [-0.2, -0.15) is 0 Å². The van der Waals surface area contributed by atoms with Gasteiger partial charge in [0.25, 0.3) is 0 Å². The molecule has 2 N–H and O–H groups in total. The third-order valence-electron chi connectivity index (χ3n) is 3.50. The van der Waals surface area contributed by atoms with Gasteiger partial charge in [-0.3, -0.25) is 4.79 Å². The van der Waals surface area contributed by atoms with Gasteiger partial charge in [-0.05, 0) is 33.1 Å². The zero-order valence-electron chi connectivity index (χ0n) is 9.64. The number of hydrogen-bond donors (Lipinski definition) is 2. The van der Waals surface area contributed by atoms with E-state index in [9.17, 15) is 9.59 Å². The van der Waals surface area contributed by atoms with Crippen LogP contribution in [0.2, 0.25) is 0 Å². The second-order valence-electron chi connectivity index (χ2n) is 4.99. The molecule has 0 saturated carbocycles. The van der Waals surface area contributed by atoms with E-state index in [2.05, 4.69) is 5.32 Å². The van der Waals surface area contributed by atoms with Gasteiger partial charge in [0.2, 0.25) is 0 Å². The van der Waals surface area contributed by atoms with Crippen molar-refractivity contribution >= 4 is 12.0 Å². The van der Waals surface area contributed by atoms with Crippen molar-refractivity contribution in [3.05, 3.63) is 0 Å². The van der Waals surface area contributed by atoms with E-state index in [1.165, 1.54) is 0 Å². The average molecular weight is 226 g/mol. The molecule has 2 rings (SSSR count). The summed E-state index contributed by atoms with van der Waals surface area (Å²) in [5.41, 5.74) is 0.